The van der Waals surface area contributed by atoms with Crippen molar-refractivity contribution < 1.29 is 19.4 Å². The van der Waals surface area contributed by atoms with Crippen LogP contribution in [0.1, 0.15) is 31.4 Å². The molecular formula is C16H23NO4. The maximum Gasteiger partial charge on any atom is 0.322 e. The fourth-order valence-electron chi connectivity index (χ4n) is 2.18. The van der Waals surface area contributed by atoms with Crippen molar-refractivity contribution in [3.05, 3.63) is 35.4 Å². The quantitative estimate of drug-likeness (QED) is 0.717. The maximum absolute atomic E-state index is 11.8. The Bertz CT molecular complexity index is 485. The highest BCUT2D eigenvalue weighted by Crippen LogP contribution is 2.12. The van der Waals surface area contributed by atoms with Crippen LogP contribution in [0.5, 0.6) is 0 Å². The molecule has 1 aromatic rings. The Morgan fingerprint density at radius 1 is 1.24 bits per heavy atom. The van der Waals surface area contributed by atoms with Gasteiger partial charge in [-0.3, -0.25) is 9.59 Å². The van der Waals surface area contributed by atoms with E-state index in [1.807, 2.05) is 32.0 Å². The lowest BCUT2D eigenvalue weighted by atomic mass is 10.0. The van der Waals surface area contributed by atoms with Crippen LogP contribution in [0.4, 0.5) is 0 Å². The number of carbonyl (C=O) groups excluding carboxylic acids is 1. The molecule has 5 heteroatoms. The number of esters is 1. The van der Waals surface area contributed by atoms with E-state index in [9.17, 15) is 9.59 Å². The molecule has 0 heterocycles. The largest absolute Gasteiger partial charge is 0.481 e. The Hall–Kier alpha value is -1.88. The fourth-order valence-corrected chi connectivity index (χ4v) is 2.18. The predicted molar refractivity (Wildman–Crippen MR) is 79.9 cm³/mol. The second-order valence-electron chi connectivity index (χ2n) is 5.43. The zero-order valence-electron chi connectivity index (χ0n) is 12.8. The van der Waals surface area contributed by atoms with Gasteiger partial charge in [-0.05, 0) is 23.5 Å². The molecule has 0 aliphatic carbocycles. The molecule has 0 radical (unpaired) electrons. The number of nitrogens with one attached hydrogen (secondary N) is 1. The smallest absolute Gasteiger partial charge is 0.322 e. The SMILES string of the molecule is COC(=O)C(CC(C)C)NCc1ccccc1CC(=O)O. The third-order valence-electron chi connectivity index (χ3n) is 3.19. The van der Waals surface area contributed by atoms with Gasteiger partial charge in [0.1, 0.15) is 6.04 Å². The van der Waals surface area contributed by atoms with E-state index in [4.69, 9.17) is 9.84 Å². The van der Waals surface area contributed by atoms with Crippen LogP contribution in [0.15, 0.2) is 24.3 Å². The molecule has 0 saturated heterocycles. The number of carboxylic acids is 1. The van der Waals surface area contributed by atoms with Crippen molar-refractivity contribution in [3.63, 3.8) is 0 Å². The second-order valence-corrected chi connectivity index (χ2v) is 5.43. The van der Waals surface area contributed by atoms with Crippen LogP contribution >= 0.6 is 0 Å². The molecule has 1 aromatic carbocycles. The molecule has 1 unspecified atom stereocenters. The highest BCUT2D eigenvalue weighted by molar-refractivity contribution is 5.75. The average molecular weight is 293 g/mol. The highest BCUT2D eigenvalue weighted by Gasteiger charge is 2.20. The van der Waals surface area contributed by atoms with Crippen molar-refractivity contribution in [2.24, 2.45) is 5.92 Å². The summed E-state index contributed by atoms with van der Waals surface area (Å²) in [5, 5.41) is 12.1. The van der Waals surface area contributed by atoms with Gasteiger partial charge >= 0.3 is 11.9 Å². The van der Waals surface area contributed by atoms with Gasteiger partial charge in [0.05, 0.1) is 13.5 Å². The summed E-state index contributed by atoms with van der Waals surface area (Å²) in [6.07, 6.45) is 0.651. The third kappa shape index (κ3) is 5.95. The van der Waals surface area contributed by atoms with Gasteiger partial charge in [0.25, 0.3) is 0 Å². The molecule has 116 valence electrons. The number of hydrogen-bond acceptors (Lipinski definition) is 4. The van der Waals surface area contributed by atoms with E-state index in [0.717, 1.165) is 11.1 Å². The molecule has 1 rings (SSSR count). The van der Waals surface area contributed by atoms with Gasteiger partial charge in [-0.15, -0.1) is 0 Å². The number of benzene rings is 1. The van der Waals surface area contributed by atoms with Crippen LogP contribution in [0, 0.1) is 5.92 Å². The first-order valence-electron chi connectivity index (χ1n) is 7.03. The van der Waals surface area contributed by atoms with Gasteiger partial charge < -0.3 is 15.2 Å². The molecule has 0 spiro atoms. The Morgan fingerprint density at radius 2 is 1.86 bits per heavy atom. The molecule has 0 amide bonds. The molecule has 0 aromatic heterocycles. The summed E-state index contributed by atoms with van der Waals surface area (Å²) in [7, 11) is 1.37. The van der Waals surface area contributed by atoms with Crippen molar-refractivity contribution in [2.45, 2.75) is 39.3 Å². The first kappa shape index (κ1) is 17.2. The summed E-state index contributed by atoms with van der Waals surface area (Å²) >= 11 is 0. The van der Waals surface area contributed by atoms with Gasteiger partial charge in [0.2, 0.25) is 0 Å². The zero-order valence-corrected chi connectivity index (χ0v) is 12.8. The van der Waals surface area contributed by atoms with E-state index in [-0.39, 0.29) is 18.4 Å². The molecule has 0 fully saturated rings. The predicted octanol–water partition coefficient (Wildman–Crippen LogP) is 1.99. The van der Waals surface area contributed by atoms with Gasteiger partial charge in [0, 0.05) is 6.54 Å². The molecule has 2 N–H and O–H groups in total. The van der Waals surface area contributed by atoms with Crippen molar-refractivity contribution in [1.29, 1.82) is 0 Å². The van der Waals surface area contributed by atoms with Crippen LogP contribution in [-0.2, 0) is 27.3 Å². The molecule has 0 bridgehead atoms. The molecular weight excluding hydrogens is 270 g/mol. The number of aliphatic carboxylic acids is 1. The van der Waals surface area contributed by atoms with Crippen LogP contribution in [0.2, 0.25) is 0 Å². The van der Waals surface area contributed by atoms with E-state index < -0.39 is 5.97 Å². The van der Waals surface area contributed by atoms with Crippen molar-refractivity contribution in [2.75, 3.05) is 7.11 Å². The molecule has 1 atom stereocenters. The summed E-state index contributed by atoms with van der Waals surface area (Å²) in [4.78, 5) is 22.6. The average Bonchev–Trinajstić information content (AvgIpc) is 2.43. The van der Waals surface area contributed by atoms with Crippen molar-refractivity contribution in [3.8, 4) is 0 Å². The molecule has 0 aliphatic heterocycles. The lowest BCUT2D eigenvalue weighted by Crippen LogP contribution is -2.38. The van der Waals surface area contributed by atoms with Crippen LogP contribution in [0.25, 0.3) is 0 Å². The minimum atomic E-state index is -0.867. The van der Waals surface area contributed by atoms with Gasteiger partial charge in [-0.1, -0.05) is 38.1 Å². The van der Waals surface area contributed by atoms with Gasteiger partial charge in [-0.25, -0.2) is 0 Å². The number of ether oxygens (including phenoxy) is 1. The fraction of sp³-hybridized carbons (Fsp3) is 0.500. The summed E-state index contributed by atoms with van der Waals surface area (Å²) < 4.78 is 4.80. The minimum Gasteiger partial charge on any atom is -0.481 e. The zero-order chi connectivity index (χ0) is 15.8. The minimum absolute atomic E-state index is 0.0229. The van der Waals surface area contributed by atoms with Crippen molar-refractivity contribution >= 4 is 11.9 Å². The molecule has 0 aliphatic rings. The topological polar surface area (TPSA) is 75.6 Å². The van der Waals surface area contributed by atoms with E-state index in [1.54, 1.807) is 6.07 Å². The monoisotopic (exact) mass is 293 g/mol. The maximum atomic E-state index is 11.8. The van der Waals surface area contributed by atoms with Gasteiger partial charge in [-0.2, -0.15) is 0 Å². The van der Waals surface area contributed by atoms with Crippen LogP contribution < -0.4 is 5.32 Å². The number of methoxy groups -OCH3 is 1. The number of rotatable bonds is 8. The van der Waals surface area contributed by atoms with Crippen LogP contribution in [-0.4, -0.2) is 30.2 Å². The Balaban J connectivity index is 2.75. The number of carbonyl (C=O) groups is 2. The summed E-state index contributed by atoms with van der Waals surface area (Å²) in [5.74, 6) is -0.801. The normalized spacial score (nSPS) is 12.2. The van der Waals surface area contributed by atoms with E-state index >= 15 is 0 Å². The Morgan fingerprint density at radius 3 is 2.38 bits per heavy atom. The van der Waals surface area contributed by atoms with E-state index in [1.165, 1.54) is 7.11 Å². The third-order valence-corrected chi connectivity index (χ3v) is 3.19. The van der Waals surface area contributed by atoms with E-state index in [0.29, 0.717) is 18.9 Å². The molecule has 21 heavy (non-hydrogen) atoms. The highest BCUT2D eigenvalue weighted by atomic mass is 16.5. The summed E-state index contributed by atoms with van der Waals surface area (Å²) in [6, 6.07) is 6.95. The first-order chi connectivity index (χ1) is 9.93. The summed E-state index contributed by atoms with van der Waals surface area (Å²) in [5.41, 5.74) is 1.64. The van der Waals surface area contributed by atoms with Crippen molar-refractivity contribution in [1.82, 2.24) is 5.32 Å². The lowest BCUT2D eigenvalue weighted by Gasteiger charge is -2.19. The molecule has 0 saturated carbocycles. The Labute approximate surface area is 125 Å². The number of carboxylic acid groups (broad SMARTS) is 1. The molecule has 5 nitrogen and oxygen atoms in total. The number of hydrogen-bond donors (Lipinski definition) is 2. The first-order valence-corrected chi connectivity index (χ1v) is 7.03. The van der Waals surface area contributed by atoms with E-state index in [2.05, 4.69) is 5.32 Å². The van der Waals surface area contributed by atoms with Crippen LogP contribution in [0.3, 0.4) is 0 Å². The second kappa shape index (κ2) is 8.42. The Kier molecular flexibility index (Phi) is 6.88. The lowest BCUT2D eigenvalue weighted by molar-refractivity contribution is -0.143. The van der Waals surface area contributed by atoms with Gasteiger partial charge in [0.15, 0.2) is 0 Å². The standard InChI is InChI=1S/C16H23NO4/c1-11(2)8-14(16(20)21-3)17-10-13-7-5-4-6-12(13)9-15(18)19/h4-7,11,14,17H,8-10H2,1-3H3,(H,18,19). The summed E-state index contributed by atoms with van der Waals surface area (Å²) in [6.45, 7) is 4.52.